The minimum Gasteiger partial charge on any atom is -0.481 e. The molecule has 116 valence electrons. The van der Waals surface area contributed by atoms with E-state index in [-0.39, 0.29) is 18.9 Å². The van der Waals surface area contributed by atoms with Gasteiger partial charge in [0, 0.05) is 24.5 Å². The summed E-state index contributed by atoms with van der Waals surface area (Å²) in [6.07, 6.45) is -0.0851. The molecule has 2 rings (SSSR count). The number of morpholine rings is 1. The fraction of sp³-hybridized carbons (Fsp3) is 0.600. The summed E-state index contributed by atoms with van der Waals surface area (Å²) in [6, 6.07) is 1.49. The average Bonchev–Trinajstić information content (AvgIpc) is 2.72. The highest BCUT2D eigenvalue weighted by molar-refractivity contribution is 5.96. The van der Waals surface area contributed by atoms with E-state index in [0.29, 0.717) is 18.7 Å². The van der Waals surface area contributed by atoms with E-state index in [4.69, 9.17) is 9.84 Å². The second-order valence-electron chi connectivity index (χ2n) is 5.35. The molecule has 6 heteroatoms. The summed E-state index contributed by atoms with van der Waals surface area (Å²) in [5, 5.41) is 8.98. The topological polar surface area (TPSA) is 71.8 Å². The van der Waals surface area contributed by atoms with Crippen LogP contribution < -0.4 is 0 Å². The molecule has 1 aromatic heterocycles. The largest absolute Gasteiger partial charge is 0.481 e. The summed E-state index contributed by atoms with van der Waals surface area (Å²) >= 11 is 0. The second kappa shape index (κ2) is 6.30. The maximum atomic E-state index is 12.8. The molecule has 0 spiro atoms. The fourth-order valence-electron chi connectivity index (χ4n) is 2.95. The summed E-state index contributed by atoms with van der Waals surface area (Å²) in [5.74, 6) is -1.01. The summed E-state index contributed by atoms with van der Waals surface area (Å²) in [5.41, 5.74) is 2.63. The van der Waals surface area contributed by atoms with Crippen molar-refractivity contribution in [2.24, 2.45) is 0 Å². The quantitative estimate of drug-likeness (QED) is 0.912. The van der Waals surface area contributed by atoms with E-state index in [2.05, 4.69) is 4.57 Å². The van der Waals surface area contributed by atoms with Gasteiger partial charge in [-0.25, -0.2) is 0 Å². The standard InChI is InChI=1S/C15H22N2O4/c1-4-16-10(2)7-13(11(16)3)15(20)17-5-6-21-9-12(17)8-14(18)19/h7,12H,4-6,8-9H2,1-3H3,(H,18,19)/t12-/m0/s1. The molecule has 0 aliphatic carbocycles. The molecule has 1 aliphatic heterocycles. The zero-order valence-electron chi connectivity index (χ0n) is 12.8. The summed E-state index contributed by atoms with van der Waals surface area (Å²) in [6.45, 7) is 7.92. The van der Waals surface area contributed by atoms with Crippen molar-refractivity contribution in [1.82, 2.24) is 9.47 Å². The van der Waals surface area contributed by atoms with Gasteiger partial charge in [-0.3, -0.25) is 9.59 Å². The van der Waals surface area contributed by atoms with Gasteiger partial charge in [0.05, 0.1) is 31.2 Å². The van der Waals surface area contributed by atoms with Crippen molar-refractivity contribution in [2.75, 3.05) is 19.8 Å². The van der Waals surface area contributed by atoms with Crippen molar-refractivity contribution in [2.45, 2.75) is 39.8 Å². The molecule has 1 atom stereocenters. The van der Waals surface area contributed by atoms with Crippen LogP contribution in [0.1, 0.15) is 35.1 Å². The van der Waals surface area contributed by atoms with Crippen molar-refractivity contribution >= 4 is 11.9 Å². The lowest BCUT2D eigenvalue weighted by Crippen LogP contribution is -2.49. The van der Waals surface area contributed by atoms with Gasteiger partial charge in [-0.2, -0.15) is 0 Å². The Bertz CT molecular complexity index is 550. The maximum absolute atomic E-state index is 12.8. The van der Waals surface area contributed by atoms with Crippen LogP contribution in [-0.2, 0) is 16.1 Å². The fourth-order valence-corrected chi connectivity index (χ4v) is 2.95. The average molecular weight is 294 g/mol. The molecule has 0 aromatic carbocycles. The number of carboxylic acids is 1. The van der Waals surface area contributed by atoms with Crippen molar-refractivity contribution in [3.8, 4) is 0 Å². The van der Waals surface area contributed by atoms with Gasteiger partial charge in [0.1, 0.15) is 0 Å². The molecule has 1 saturated heterocycles. The van der Waals surface area contributed by atoms with Gasteiger partial charge in [-0.1, -0.05) is 0 Å². The third-order valence-electron chi connectivity index (χ3n) is 4.02. The molecule has 21 heavy (non-hydrogen) atoms. The molecular formula is C15H22N2O4. The number of aromatic nitrogens is 1. The Kier molecular flexibility index (Phi) is 4.67. The monoisotopic (exact) mass is 294 g/mol. The molecule has 0 saturated carbocycles. The first-order valence-corrected chi connectivity index (χ1v) is 7.23. The van der Waals surface area contributed by atoms with Gasteiger partial charge in [0.2, 0.25) is 0 Å². The number of amides is 1. The normalized spacial score (nSPS) is 18.8. The van der Waals surface area contributed by atoms with Crippen molar-refractivity contribution in [3.63, 3.8) is 0 Å². The summed E-state index contributed by atoms with van der Waals surface area (Å²) in [7, 11) is 0. The lowest BCUT2D eigenvalue weighted by atomic mass is 10.1. The number of aliphatic carboxylic acids is 1. The van der Waals surface area contributed by atoms with Gasteiger partial charge >= 0.3 is 5.97 Å². The Morgan fingerprint density at radius 2 is 2.14 bits per heavy atom. The Balaban J connectivity index is 2.26. The van der Waals surface area contributed by atoms with Crippen molar-refractivity contribution in [3.05, 3.63) is 23.0 Å². The Morgan fingerprint density at radius 3 is 2.71 bits per heavy atom. The molecule has 0 radical (unpaired) electrons. The molecule has 0 unspecified atom stereocenters. The van der Waals surface area contributed by atoms with E-state index in [1.165, 1.54) is 0 Å². The van der Waals surface area contributed by atoms with E-state index in [1.54, 1.807) is 4.90 Å². The molecule has 1 N–H and O–H groups in total. The Labute approximate surface area is 124 Å². The van der Waals surface area contributed by atoms with Crippen molar-refractivity contribution in [1.29, 1.82) is 0 Å². The molecular weight excluding hydrogens is 272 g/mol. The van der Waals surface area contributed by atoms with Crippen LogP contribution in [0, 0.1) is 13.8 Å². The number of nitrogens with zero attached hydrogens (tertiary/aromatic N) is 2. The Hall–Kier alpha value is -1.82. The highest BCUT2D eigenvalue weighted by Crippen LogP contribution is 2.20. The van der Waals surface area contributed by atoms with Crippen LogP contribution in [0.25, 0.3) is 0 Å². The number of rotatable bonds is 4. The molecule has 1 aromatic rings. The van der Waals surface area contributed by atoms with Crippen LogP contribution in [-0.4, -0.2) is 52.3 Å². The SMILES string of the molecule is CCn1c(C)cc(C(=O)N2CCOC[C@@H]2CC(=O)O)c1C. The lowest BCUT2D eigenvalue weighted by molar-refractivity contribution is -0.139. The van der Waals surface area contributed by atoms with Gasteiger partial charge in [-0.05, 0) is 26.8 Å². The van der Waals surface area contributed by atoms with E-state index in [0.717, 1.165) is 17.9 Å². The van der Waals surface area contributed by atoms with E-state index in [1.807, 2.05) is 26.8 Å². The van der Waals surface area contributed by atoms with Gasteiger partial charge < -0.3 is 19.3 Å². The number of hydrogen-bond acceptors (Lipinski definition) is 3. The van der Waals surface area contributed by atoms with E-state index < -0.39 is 12.0 Å². The molecule has 1 aliphatic rings. The molecule has 2 heterocycles. The zero-order chi connectivity index (χ0) is 15.6. The van der Waals surface area contributed by atoms with Crippen LogP contribution in [0.5, 0.6) is 0 Å². The van der Waals surface area contributed by atoms with Crippen LogP contribution >= 0.6 is 0 Å². The Morgan fingerprint density at radius 1 is 1.43 bits per heavy atom. The number of ether oxygens (including phenoxy) is 1. The minimum atomic E-state index is -0.915. The zero-order valence-corrected chi connectivity index (χ0v) is 12.8. The molecule has 1 amide bonds. The van der Waals surface area contributed by atoms with Crippen LogP contribution in [0.3, 0.4) is 0 Å². The summed E-state index contributed by atoms with van der Waals surface area (Å²) < 4.78 is 7.40. The highest BCUT2D eigenvalue weighted by Gasteiger charge is 2.31. The first-order chi connectivity index (χ1) is 9.95. The van der Waals surface area contributed by atoms with Crippen LogP contribution in [0.15, 0.2) is 6.07 Å². The molecule has 0 bridgehead atoms. The minimum absolute atomic E-state index is 0.0851. The number of hydrogen-bond donors (Lipinski definition) is 1. The van der Waals surface area contributed by atoms with Crippen LogP contribution in [0.4, 0.5) is 0 Å². The smallest absolute Gasteiger partial charge is 0.305 e. The van der Waals surface area contributed by atoms with Crippen molar-refractivity contribution < 1.29 is 19.4 Å². The van der Waals surface area contributed by atoms with Crippen LogP contribution in [0.2, 0.25) is 0 Å². The number of carbonyl (C=O) groups excluding carboxylic acids is 1. The number of carboxylic acid groups (broad SMARTS) is 1. The first kappa shape index (κ1) is 15.6. The molecule has 1 fully saturated rings. The van der Waals surface area contributed by atoms with Gasteiger partial charge in [0.15, 0.2) is 0 Å². The number of aryl methyl sites for hydroxylation is 1. The third-order valence-corrected chi connectivity index (χ3v) is 4.02. The first-order valence-electron chi connectivity index (χ1n) is 7.23. The number of carbonyl (C=O) groups is 2. The predicted octanol–water partition coefficient (Wildman–Crippen LogP) is 1.44. The lowest BCUT2D eigenvalue weighted by Gasteiger charge is -2.34. The molecule has 6 nitrogen and oxygen atoms in total. The van der Waals surface area contributed by atoms with E-state index >= 15 is 0 Å². The second-order valence-corrected chi connectivity index (χ2v) is 5.35. The van der Waals surface area contributed by atoms with E-state index in [9.17, 15) is 9.59 Å². The maximum Gasteiger partial charge on any atom is 0.305 e. The third kappa shape index (κ3) is 3.10. The highest BCUT2D eigenvalue weighted by atomic mass is 16.5. The summed E-state index contributed by atoms with van der Waals surface area (Å²) in [4.78, 5) is 25.3. The predicted molar refractivity (Wildman–Crippen MR) is 77.5 cm³/mol. The van der Waals surface area contributed by atoms with Gasteiger partial charge in [-0.15, -0.1) is 0 Å². The van der Waals surface area contributed by atoms with Gasteiger partial charge in [0.25, 0.3) is 5.91 Å².